The van der Waals surface area contributed by atoms with Crippen molar-refractivity contribution in [1.82, 2.24) is 0 Å². The monoisotopic (exact) mass is 183 g/mol. The van der Waals surface area contributed by atoms with Crippen molar-refractivity contribution >= 4 is 0 Å². The molecule has 0 radical (unpaired) electrons. The number of rotatable bonds is 3. The third-order valence-corrected chi connectivity index (χ3v) is 2.02. The highest BCUT2D eigenvalue weighted by molar-refractivity contribution is 5.27. The molecule has 72 valence electrons. The summed E-state index contributed by atoms with van der Waals surface area (Å²) < 4.78 is 12.7. The fourth-order valence-corrected chi connectivity index (χ4v) is 1.24. The van der Waals surface area contributed by atoms with E-state index in [4.69, 9.17) is 10.8 Å². The topological polar surface area (TPSA) is 46.2 Å². The van der Waals surface area contributed by atoms with Crippen LogP contribution in [0.4, 0.5) is 4.39 Å². The van der Waals surface area contributed by atoms with Crippen LogP contribution in [0.5, 0.6) is 0 Å². The van der Waals surface area contributed by atoms with E-state index in [9.17, 15) is 4.39 Å². The first-order chi connectivity index (χ1) is 6.13. The number of aryl methyl sites for hydroxylation is 1. The summed E-state index contributed by atoms with van der Waals surface area (Å²) in [5, 5.41) is 8.74. The zero-order chi connectivity index (χ0) is 9.84. The van der Waals surface area contributed by atoms with Gasteiger partial charge in [0.25, 0.3) is 0 Å². The molecule has 13 heavy (non-hydrogen) atoms. The number of halogens is 1. The largest absolute Gasteiger partial charge is 0.395 e. The number of hydrogen-bond donors (Lipinski definition) is 2. The molecule has 0 bridgehead atoms. The first kappa shape index (κ1) is 10.2. The molecule has 0 spiro atoms. The molecule has 0 heterocycles. The molecule has 0 fully saturated rings. The van der Waals surface area contributed by atoms with E-state index < -0.39 is 0 Å². The van der Waals surface area contributed by atoms with E-state index in [0.717, 1.165) is 11.1 Å². The van der Waals surface area contributed by atoms with E-state index in [1.807, 2.05) is 6.92 Å². The van der Waals surface area contributed by atoms with Crippen LogP contribution >= 0.6 is 0 Å². The van der Waals surface area contributed by atoms with Crippen molar-refractivity contribution in [2.24, 2.45) is 5.73 Å². The van der Waals surface area contributed by atoms with Crippen LogP contribution < -0.4 is 5.73 Å². The van der Waals surface area contributed by atoms with Gasteiger partial charge in [-0.25, -0.2) is 4.39 Å². The average molecular weight is 183 g/mol. The Hall–Kier alpha value is -0.930. The number of hydrogen-bond acceptors (Lipinski definition) is 2. The molecule has 3 N–H and O–H groups in total. The predicted octanol–water partition coefficient (Wildman–Crippen LogP) is 0.996. The Balaban J connectivity index is 2.77. The van der Waals surface area contributed by atoms with Crippen LogP contribution in [0.15, 0.2) is 18.2 Å². The highest BCUT2D eigenvalue weighted by Crippen LogP contribution is 2.11. The van der Waals surface area contributed by atoms with Crippen molar-refractivity contribution in [2.75, 3.05) is 6.61 Å². The average Bonchev–Trinajstić information content (AvgIpc) is 2.09. The summed E-state index contributed by atoms with van der Waals surface area (Å²) in [6.07, 6.45) is 0.586. The molecule has 3 heteroatoms. The first-order valence-electron chi connectivity index (χ1n) is 4.25. The van der Waals surface area contributed by atoms with Crippen LogP contribution in [-0.2, 0) is 6.42 Å². The lowest BCUT2D eigenvalue weighted by Gasteiger charge is -2.10. The standard InChI is InChI=1S/C10H14FNO/c1-7-4-9(11)3-2-8(7)5-10(12)6-13/h2-4,10,13H,5-6,12H2,1H3. The van der Waals surface area contributed by atoms with Gasteiger partial charge in [0.1, 0.15) is 5.82 Å². The van der Waals surface area contributed by atoms with Gasteiger partial charge in [0.2, 0.25) is 0 Å². The third-order valence-electron chi connectivity index (χ3n) is 2.02. The van der Waals surface area contributed by atoms with Gasteiger partial charge in [-0.1, -0.05) is 6.07 Å². The molecular weight excluding hydrogens is 169 g/mol. The summed E-state index contributed by atoms with van der Waals surface area (Å²) in [7, 11) is 0. The minimum Gasteiger partial charge on any atom is -0.395 e. The van der Waals surface area contributed by atoms with Gasteiger partial charge >= 0.3 is 0 Å². The van der Waals surface area contributed by atoms with E-state index in [-0.39, 0.29) is 18.5 Å². The van der Waals surface area contributed by atoms with E-state index in [0.29, 0.717) is 6.42 Å². The molecule has 2 nitrogen and oxygen atoms in total. The zero-order valence-corrected chi connectivity index (χ0v) is 7.63. The van der Waals surface area contributed by atoms with Gasteiger partial charge in [-0.05, 0) is 36.6 Å². The maximum atomic E-state index is 12.7. The summed E-state index contributed by atoms with van der Waals surface area (Å²) >= 11 is 0. The van der Waals surface area contributed by atoms with Crippen molar-refractivity contribution in [3.63, 3.8) is 0 Å². The second-order valence-corrected chi connectivity index (χ2v) is 3.22. The molecule has 1 atom stereocenters. The van der Waals surface area contributed by atoms with E-state index in [1.165, 1.54) is 12.1 Å². The van der Waals surface area contributed by atoms with Crippen LogP contribution in [0.3, 0.4) is 0 Å². The van der Waals surface area contributed by atoms with Crippen molar-refractivity contribution < 1.29 is 9.50 Å². The highest BCUT2D eigenvalue weighted by Gasteiger charge is 2.05. The molecular formula is C10H14FNO. The second kappa shape index (κ2) is 4.35. The Kier molecular flexibility index (Phi) is 3.39. The van der Waals surface area contributed by atoms with Gasteiger partial charge in [-0.15, -0.1) is 0 Å². The first-order valence-corrected chi connectivity index (χ1v) is 4.25. The number of aliphatic hydroxyl groups excluding tert-OH is 1. The molecule has 0 saturated carbocycles. The Morgan fingerprint density at radius 2 is 2.23 bits per heavy atom. The summed E-state index contributed by atoms with van der Waals surface area (Å²) in [4.78, 5) is 0. The molecule has 0 amide bonds. The summed E-state index contributed by atoms with van der Waals surface area (Å²) in [6, 6.07) is 4.33. The van der Waals surface area contributed by atoms with Gasteiger partial charge in [0, 0.05) is 6.04 Å². The lowest BCUT2D eigenvalue weighted by Crippen LogP contribution is -2.27. The Morgan fingerprint density at radius 1 is 1.54 bits per heavy atom. The lowest BCUT2D eigenvalue weighted by molar-refractivity contribution is 0.265. The second-order valence-electron chi connectivity index (χ2n) is 3.22. The SMILES string of the molecule is Cc1cc(F)ccc1CC(N)CO. The van der Waals surface area contributed by atoms with Crippen LogP contribution in [0.2, 0.25) is 0 Å². The Labute approximate surface area is 77.2 Å². The Morgan fingerprint density at radius 3 is 2.77 bits per heavy atom. The molecule has 0 aliphatic carbocycles. The maximum Gasteiger partial charge on any atom is 0.123 e. The van der Waals surface area contributed by atoms with Gasteiger partial charge < -0.3 is 10.8 Å². The third kappa shape index (κ3) is 2.79. The van der Waals surface area contributed by atoms with Gasteiger partial charge in [-0.3, -0.25) is 0 Å². The van der Waals surface area contributed by atoms with E-state index in [2.05, 4.69) is 0 Å². The number of aliphatic hydroxyl groups is 1. The van der Waals surface area contributed by atoms with E-state index in [1.54, 1.807) is 6.07 Å². The molecule has 0 aromatic heterocycles. The van der Waals surface area contributed by atoms with Crippen LogP contribution in [0, 0.1) is 12.7 Å². The highest BCUT2D eigenvalue weighted by atomic mass is 19.1. The van der Waals surface area contributed by atoms with E-state index >= 15 is 0 Å². The fraction of sp³-hybridized carbons (Fsp3) is 0.400. The van der Waals surface area contributed by atoms with Gasteiger partial charge in [0.15, 0.2) is 0 Å². The van der Waals surface area contributed by atoms with Crippen LogP contribution in [0.25, 0.3) is 0 Å². The predicted molar refractivity (Wildman–Crippen MR) is 49.9 cm³/mol. The molecule has 0 aliphatic rings. The molecule has 0 saturated heterocycles. The van der Waals surface area contributed by atoms with Crippen molar-refractivity contribution in [2.45, 2.75) is 19.4 Å². The number of benzene rings is 1. The van der Waals surface area contributed by atoms with Crippen molar-refractivity contribution in [3.8, 4) is 0 Å². The van der Waals surface area contributed by atoms with Crippen LogP contribution in [-0.4, -0.2) is 17.8 Å². The molecule has 0 aliphatic heterocycles. The Bertz CT molecular complexity index is 288. The summed E-state index contributed by atoms with van der Waals surface area (Å²) in [6.45, 7) is 1.79. The normalized spacial score (nSPS) is 12.9. The zero-order valence-electron chi connectivity index (χ0n) is 7.63. The van der Waals surface area contributed by atoms with Gasteiger partial charge in [-0.2, -0.15) is 0 Å². The van der Waals surface area contributed by atoms with Crippen LogP contribution in [0.1, 0.15) is 11.1 Å². The quantitative estimate of drug-likeness (QED) is 0.734. The molecule has 1 aromatic rings. The maximum absolute atomic E-state index is 12.7. The van der Waals surface area contributed by atoms with Crippen molar-refractivity contribution in [1.29, 1.82) is 0 Å². The molecule has 1 unspecified atom stereocenters. The molecule has 1 aromatic carbocycles. The van der Waals surface area contributed by atoms with Crippen molar-refractivity contribution in [3.05, 3.63) is 35.1 Å². The molecule has 1 rings (SSSR count). The minimum absolute atomic E-state index is 0.0448. The van der Waals surface area contributed by atoms with Gasteiger partial charge in [0.05, 0.1) is 6.61 Å². The minimum atomic E-state index is -0.260. The lowest BCUT2D eigenvalue weighted by atomic mass is 10.0. The summed E-state index contributed by atoms with van der Waals surface area (Å²) in [5.41, 5.74) is 7.44. The fourth-order valence-electron chi connectivity index (χ4n) is 1.24. The number of nitrogens with two attached hydrogens (primary N) is 1. The smallest absolute Gasteiger partial charge is 0.123 e. The summed E-state index contributed by atoms with van der Waals surface area (Å²) in [5.74, 6) is -0.237.